The zero-order chi connectivity index (χ0) is 14.7. The monoisotopic (exact) mass is 294 g/mol. The zero-order valence-corrected chi connectivity index (χ0v) is 12.2. The van der Waals surface area contributed by atoms with Gasteiger partial charge in [0.1, 0.15) is 11.3 Å². The van der Waals surface area contributed by atoms with Crippen LogP contribution < -0.4 is 5.32 Å². The normalized spacial score (nSPS) is 10.3. The van der Waals surface area contributed by atoms with Crippen molar-refractivity contribution in [3.8, 4) is 10.8 Å². The Morgan fingerprint density at radius 3 is 2.80 bits per heavy atom. The molecule has 0 bridgehead atoms. The van der Waals surface area contributed by atoms with E-state index in [0.29, 0.717) is 26.9 Å². The number of anilines is 1. The molecule has 0 atom stereocenters. The van der Waals surface area contributed by atoms with E-state index in [1.165, 1.54) is 30.7 Å². The fraction of sp³-hybridized carbons (Fsp3) is 0.308. The van der Waals surface area contributed by atoms with Crippen molar-refractivity contribution < 1.29 is 18.7 Å². The molecule has 2 rings (SSSR count). The molecule has 1 amide bonds. The smallest absolute Gasteiger partial charge is 0.341 e. The number of esters is 1. The standard InChI is InChI=1S/C13H14N2O4S/c1-4-18-13(17)9-7(2)10(11-14-5-6-19-11)20-12(9)15-8(3)16/h5-6H,4H2,1-3H3,(H,15,16). The van der Waals surface area contributed by atoms with E-state index in [9.17, 15) is 9.59 Å². The van der Waals surface area contributed by atoms with Crippen LogP contribution >= 0.6 is 11.3 Å². The van der Waals surface area contributed by atoms with Crippen molar-refractivity contribution in [3.63, 3.8) is 0 Å². The van der Waals surface area contributed by atoms with Crippen molar-refractivity contribution in [2.75, 3.05) is 11.9 Å². The first kappa shape index (κ1) is 14.3. The second-order valence-corrected chi connectivity index (χ2v) is 5.02. The number of amides is 1. The molecule has 0 radical (unpaired) electrons. The minimum Gasteiger partial charge on any atom is -0.462 e. The maximum absolute atomic E-state index is 12.0. The Bertz CT molecular complexity index is 631. The second-order valence-electron chi connectivity index (χ2n) is 4.00. The number of hydrogen-bond donors (Lipinski definition) is 1. The number of hydrogen-bond acceptors (Lipinski definition) is 6. The number of carbonyl (C=O) groups is 2. The van der Waals surface area contributed by atoms with Gasteiger partial charge in [0.05, 0.1) is 23.2 Å². The molecule has 0 aliphatic carbocycles. The van der Waals surface area contributed by atoms with Crippen molar-refractivity contribution in [3.05, 3.63) is 23.6 Å². The lowest BCUT2D eigenvalue weighted by Crippen LogP contribution is -2.11. The molecule has 2 heterocycles. The van der Waals surface area contributed by atoms with Crippen molar-refractivity contribution in [2.24, 2.45) is 0 Å². The van der Waals surface area contributed by atoms with Crippen LogP contribution in [0.4, 0.5) is 5.00 Å². The maximum atomic E-state index is 12.0. The van der Waals surface area contributed by atoms with E-state index in [2.05, 4.69) is 10.3 Å². The lowest BCUT2D eigenvalue weighted by atomic mass is 10.1. The molecule has 0 aromatic carbocycles. The van der Waals surface area contributed by atoms with Gasteiger partial charge in [-0.15, -0.1) is 11.3 Å². The Kier molecular flexibility index (Phi) is 4.19. The molecule has 0 saturated carbocycles. The molecule has 106 valence electrons. The number of carbonyl (C=O) groups excluding carboxylic acids is 2. The summed E-state index contributed by atoms with van der Waals surface area (Å²) in [6.07, 6.45) is 2.98. The number of oxazole rings is 1. The summed E-state index contributed by atoms with van der Waals surface area (Å²) in [4.78, 5) is 28.1. The highest BCUT2D eigenvalue weighted by Crippen LogP contribution is 2.39. The van der Waals surface area contributed by atoms with Gasteiger partial charge in [0.25, 0.3) is 0 Å². The molecule has 1 N–H and O–H groups in total. The number of nitrogens with one attached hydrogen (secondary N) is 1. The van der Waals surface area contributed by atoms with Gasteiger partial charge in [0, 0.05) is 6.92 Å². The average Bonchev–Trinajstić information content (AvgIpc) is 2.97. The highest BCUT2D eigenvalue weighted by atomic mass is 32.1. The van der Waals surface area contributed by atoms with Gasteiger partial charge < -0.3 is 14.5 Å². The molecule has 0 aliphatic rings. The van der Waals surface area contributed by atoms with Crippen LogP contribution in [0.25, 0.3) is 10.8 Å². The van der Waals surface area contributed by atoms with Gasteiger partial charge in [-0.1, -0.05) is 0 Å². The number of nitrogens with zero attached hydrogens (tertiary/aromatic N) is 1. The van der Waals surface area contributed by atoms with E-state index in [4.69, 9.17) is 9.15 Å². The summed E-state index contributed by atoms with van der Waals surface area (Å²) in [5.74, 6) is -0.312. The first-order valence-electron chi connectivity index (χ1n) is 6.02. The minimum atomic E-state index is -0.470. The highest BCUT2D eigenvalue weighted by Gasteiger charge is 2.25. The van der Waals surface area contributed by atoms with Gasteiger partial charge in [0.15, 0.2) is 0 Å². The predicted molar refractivity (Wildman–Crippen MR) is 74.8 cm³/mol. The Labute approximate surface area is 119 Å². The molecule has 7 heteroatoms. The molecule has 0 saturated heterocycles. The first-order valence-corrected chi connectivity index (χ1v) is 6.84. The van der Waals surface area contributed by atoms with E-state index in [0.717, 1.165) is 0 Å². The average molecular weight is 294 g/mol. The minimum absolute atomic E-state index is 0.254. The first-order chi connectivity index (χ1) is 9.54. The van der Waals surface area contributed by atoms with Crippen LogP contribution in [-0.4, -0.2) is 23.5 Å². The second kappa shape index (κ2) is 5.87. The summed E-state index contributed by atoms with van der Waals surface area (Å²) in [5, 5.41) is 3.09. The molecule has 2 aromatic heterocycles. The van der Waals surface area contributed by atoms with Crippen LogP contribution in [0.15, 0.2) is 16.9 Å². The number of rotatable bonds is 4. The van der Waals surface area contributed by atoms with E-state index in [1.807, 2.05) is 0 Å². The van der Waals surface area contributed by atoms with E-state index in [-0.39, 0.29) is 12.5 Å². The number of aromatic nitrogens is 1. The van der Waals surface area contributed by atoms with Crippen LogP contribution in [0.3, 0.4) is 0 Å². The van der Waals surface area contributed by atoms with Crippen LogP contribution in [0.5, 0.6) is 0 Å². The lowest BCUT2D eigenvalue weighted by Gasteiger charge is -2.05. The van der Waals surface area contributed by atoms with Gasteiger partial charge in [-0.05, 0) is 19.4 Å². The quantitative estimate of drug-likeness (QED) is 0.877. The molecule has 2 aromatic rings. The van der Waals surface area contributed by atoms with Crippen LogP contribution in [-0.2, 0) is 9.53 Å². The van der Waals surface area contributed by atoms with E-state index < -0.39 is 5.97 Å². The van der Waals surface area contributed by atoms with Crippen molar-refractivity contribution in [1.82, 2.24) is 4.98 Å². The zero-order valence-electron chi connectivity index (χ0n) is 11.4. The molecular formula is C13H14N2O4S. The van der Waals surface area contributed by atoms with Gasteiger partial charge in [0.2, 0.25) is 11.8 Å². The summed E-state index contributed by atoms with van der Waals surface area (Å²) >= 11 is 1.24. The summed E-state index contributed by atoms with van der Waals surface area (Å²) in [6.45, 7) is 5.15. The van der Waals surface area contributed by atoms with Crippen LogP contribution in [0, 0.1) is 6.92 Å². The summed E-state index contributed by atoms with van der Waals surface area (Å²) in [5.41, 5.74) is 1.03. The summed E-state index contributed by atoms with van der Waals surface area (Å²) in [6, 6.07) is 0. The summed E-state index contributed by atoms with van der Waals surface area (Å²) in [7, 11) is 0. The molecule has 0 fully saturated rings. The highest BCUT2D eigenvalue weighted by molar-refractivity contribution is 7.20. The molecule has 0 spiro atoms. The molecule has 6 nitrogen and oxygen atoms in total. The topological polar surface area (TPSA) is 81.4 Å². The van der Waals surface area contributed by atoms with Gasteiger partial charge in [-0.3, -0.25) is 4.79 Å². The maximum Gasteiger partial charge on any atom is 0.341 e. The Hall–Kier alpha value is -2.15. The van der Waals surface area contributed by atoms with Crippen molar-refractivity contribution >= 4 is 28.2 Å². The van der Waals surface area contributed by atoms with Gasteiger partial charge >= 0.3 is 5.97 Å². The SMILES string of the molecule is CCOC(=O)c1c(NC(C)=O)sc(-c2ncco2)c1C. The van der Waals surface area contributed by atoms with E-state index >= 15 is 0 Å². The van der Waals surface area contributed by atoms with Crippen molar-refractivity contribution in [2.45, 2.75) is 20.8 Å². The molecule has 0 unspecified atom stereocenters. The largest absolute Gasteiger partial charge is 0.462 e. The van der Waals surface area contributed by atoms with Gasteiger partial charge in [-0.25, -0.2) is 9.78 Å². The Morgan fingerprint density at radius 2 is 2.25 bits per heavy atom. The number of thiophene rings is 1. The lowest BCUT2D eigenvalue weighted by molar-refractivity contribution is -0.114. The number of ether oxygens (including phenoxy) is 1. The van der Waals surface area contributed by atoms with Crippen molar-refractivity contribution in [1.29, 1.82) is 0 Å². The third kappa shape index (κ3) is 2.72. The molecular weight excluding hydrogens is 280 g/mol. The van der Waals surface area contributed by atoms with Gasteiger partial charge in [-0.2, -0.15) is 0 Å². The third-order valence-electron chi connectivity index (χ3n) is 2.54. The van der Waals surface area contributed by atoms with Crippen LogP contribution in [0.1, 0.15) is 29.8 Å². The fourth-order valence-corrected chi connectivity index (χ4v) is 2.93. The van der Waals surface area contributed by atoms with Crippen LogP contribution in [0.2, 0.25) is 0 Å². The summed E-state index contributed by atoms with van der Waals surface area (Å²) < 4.78 is 10.3. The van der Waals surface area contributed by atoms with E-state index in [1.54, 1.807) is 13.8 Å². The Morgan fingerprint density at radius 1 is 1.50 bits per heavy atom. The third-order valence-corrected chi connectivity index (χ3v) is 3.74. The predicted octanol–water partition coefficient (Wildman–Crippen LogP) is 2.85. The molecule has 20 heavy (non-hydrogen) atoms. The Balaban J connectivity index is 2.52. The fourth-order valence-electron chi connectivity index (χ4n) is 1.75. The molecule has 0 aliphatic heterocycles.